The van der Waals surface area contributed by atoms with Crippen molar-refractivity contribution in [3.05, 3.63) is 89.6 Å². The minimum atomic E-state index is -4.42. The van der Waals surface area contributed by atoms with Crippen LogP contribution in [0.4, 0.5) is 13.2 Å². The number of nitrogens with zero attached hydrogens (tertiary/aromatic N) is 1. The summed E-state index contributed by atoms with van der Waals surface area (Å²) in [7, 11) is 0. The zero-order chi connectivity index (χ0) is 17.2. The third kappa shape index (κ3) is 3.20. The molecule has 0 saturated heterocycles. The molecule has 0 aliphatic rings. The summed E-state index contributed by atoms with van der Waals surface area (Å²) < 4.78 is 37.9. The van der Waals surface area contributed by atoms with E-state index in [0.717, 1.165) is 12.1 Å². The van der Waals surface area contributed by atoms with Gasteiger partial charge in [-0.25, -0.2) is 0 Å². The topological polar surface area (TPSA) is 30.0 Å². The average Bonchev–Trinajstić information content (AvgIpc) is 2.61. The Morgan fingerprint density at radius 2 is 1.50 bits per heavy atom. The van der Waals surface area contributed by atoms with Gasteiger partial charge in [0.1, 0.15) is 0 Å². The van der Waals surface area contributed by atoms with Gasteiger partial charge >= 0.3 is 6.18 Å². The number of ketones is 1. The molecule has 24 heavy (non-hydrogen) atoms. The monoisotopic (exact) mass is 327 g/mol. The quantitative estimate of drug-likeness (QED) is 0.634. The number of halogens is 3. The van der Waals surface area contributed by atoms with Gasteiger partial charge in [-0.1, -0.05) is 42.5 Å². The fraction of sp³-hybridized carbons (Fsp3) is 0.0526. The minimum absolute atomic E-state index is 0.200. The second-order valence-corrected chi connectivity index (χ2v) is 5.16. The molecule has 0 bridgehead atoms. The van der Waals surface area contributed by atoms with Crippen molar-refractivity contribution in [3.63, 3.8) is 0 Å². The van der Waals surface area contributed by atoms with E-state index in [1.807, 2.05) is 6.07 Å². The van der Waals surface area contributed by atoms with Crippen LogP contribution in [0.15, 0.2) is 72.9 Å². The fourth-order valence-corrected chi connectivity index (χ4v) is 2.39. The number of pyridine rings is 1. The second kappa shape index (κ2) is 6.28. The first-order chi connectivity index (χ1) is 11.5. The molecule has 0 spiro atoms. The largest absolute Gasteiger partial charge is 0.416 e. The van der Waals surface area contributed by atoms with Crippen LogP contribution in [0, 0.1) is 0 Å². The highest BCUT2D eigenvalue weighted by molar-refractivity contribution is 6.12. The van der Waals surface area contributed by atoms with Crippen LogP contribution in [0.25, 0.3) is 11.3 Å². The van der Waals surface area contributed by atoms with Gasteiger partial charge in [0, 0.05) is 22.9 Å². The highest BCUT2D eigenvalue weighted by Crippen LogP contribution is 2.30. The van der Waals surface area contributed by atoms with Crippen LogP contribution in [0.3, 0.4) is 0 Å². The van der Waals surface area contributed by atoms with E-state index in [9.17, 15) is 18.0 Å². The fourth-order valence-electron chi connectivity index (χ4n) is 2.39. The maximum absolute atomic E-state index is 12.7. The molecule has 0 fully saturated rings. The number of carbonyl (C=O) groups is 1. The number of carbonyl (C=O) groups excluding carboxylic acids is 1. The van der Waals surface area contributed by atoms with E-state index in [1.54, 1.807) is 42.6 Å². The van der Waals surface area contributed by atoms with Gasteiger partial charge in [-0.15, -0.1) is 0 Å². The van der Waals surface area contributed by atoms with Crippen molar-refractivity contribution in [2.45, 2.75) is 6.18 Å². The molecule has 0 radical (unpaired) electrons. The SMILES string of the molecule is O=C(c1ccc(C(F)(F)F)cc1)c1ccccc1-c1ccccn1. The number of rotatable bonds is 3. The first kappa shape index (κ1) is 15.9. The van der Waals surface area contributed by atoms with E-state index in [1.165, 1.54) is 12.1 Å². The Morgan fingerprint density at radius 1 is 0.833 bits per heavy atom. The molecule has 0 aliphatic heterocycles. The first-order valence-electron chi connectivity index (χ1n) is 7.19. The minimum Gasteiger partial charge on any atom is -0.289 e. The van der Waals surface area contributed by atoms with Gasteiger partial charge in [-0.2, -0.15) is 13.2 Å². The van der Waals surface area contributed by atoms with Crippen LogP contribution in [-0.4, -0.2) is 10.8 Å². The number of alkyl halides is 3. The number of aromatic nitrogens is 1. The Balaban J connectivity index is 2.00. The van der Waals surface area contributed by atoms with Gasteiger partial charge in [0.2, 0.25) is 0 Å². The second-order valence-electron chi connectivity index (χ2n) is 5.16. The van der Waals surface area contributed by atoms with Crippen molar-refractivity contribution in [2.75, 3.05) is 0 Å². The maximum atomic E-state index is 12.7. The van der Waals surface area contributed by atoms with Gasteiger partial charge in [-0.05, 0) is 24.3 Å². The van der Waals surface area contributed by atoms with Gasteiger partial charge in [0.25, 0.3) is 0 Å². The van der Waals surface area contributed by atoms with Crippen LogP contribution in [0.5, 0.6) is 0 Å². The third-order valence-corrected chi connectivity index (χ3v) is 3.59. The Bertz CT molecular complexity index is 856. The van der Waals surface area contributed by atoms with Crippen molar-refractivity contribution in [1.29, 1.82) is 0 Å². The molecule has 0 unspecified atom stereocenters. The lowest BCUT2D eigenvalue weighted by Gasteiger charge is -2.10. The van der Waals surface area contributed by atoms with Crippen molar-refractivity contribution in [1.82, 2.24) is 4.98 Å². The van der Waals surface area contributed by atoms with Crippen LogP contribution in [0.1, 0.15) is 21.5 Å². The normalized spacial score (nSPS) is 11.3. The van der Waals surface area contributed by atoms with Crippen molar-refractivity contribution in [3.8, 4) is 11.3 Å². The van der Waals surface area contributed by atoms with Crippen molar-refractivity contribution < 1.29 is 18.0 Å². The van der Waals surface area contributed by atoms with E-state index in [4.69, 9.17) is 0 Å². The summed E-state index contributed by atoms with van der Waals surface area (Å²) in [6.07, 6.45) is -2.80. The molecule has 0 amide bonds. The van der Waals surface area contributed by atoms with Crippen molar-refractivity contribution in [2.24, 2.45) is 0 Å². The molecule has 3 rings (SSSR count). The zero-order valence-corrected chi connectivity index (χ0v) is 12.4. The molecule has 0 aliphatic carbocycles. The molecule has 0 N–H and O–H groups in total. The van der Waals surface area contributed by atoms with Gasteiger partial charge in [0.05, 0.1) is 11.3 Å². The molecular weight excluding hydrogens is 315 g/mol. The van der Waals surface area contributed by atoms with E-state index >= 15 is 0 Å². The summed E-state index contributed by atoms with van der Waals surface area (Å²) >= 11 is 0. The zero-order valence-electron chi connectivity index (χ0n) is 12.4. The van der Waals surface area contributed by atoms with Crippen molar-refractivity contribution >= 4 is 5.78 Å². The lowest BCUT2D eigenvalue weighted by molar-refractivity contribution is -0.137. The molecule has 120 valence electrons. The summed E-state index contributed by atoms with van der Waals surface area (Å²) in [5.41, 5.74) is 1.09. The summed E-state index contributed by atoms with van der Waals surface area (Å²) in [4.78, 5) is 16.9. The van der Waals surface area contributed by atoms with Crippen LogP contribution in [-0.2, 0) is 6.18 Å². The molecule has 1 heterocycles. The average molecular weight is 327 g/mol. The summed E-state index contributed by atoms with van der Waals surface area (Å²) in [5.74, 6) is -0.343. The molecular formula is C19H12F3NO. The van der Waals surface area contributed by atoms with E-state index in [-0.39, 0.29) is 11.3 Å². The molecule has 0 atom stereocenters. The lowest BCUT2D eigenvalue weighted by Crippen LogP contribution is -2.07. The summed E-state index contributed by atoms with van der Waals surface area (Å²) in [5, 5.41) is 0. The highest BCUT2D eigenvalue weighted by atomic mass is 19.4. The molecule has 3 aromatic rings. The first-order valence-corrected chi connectivity index (χ1v) is 7.19. The van der Waals surface area contributed by atoms with Gasteiger partial charge in [0.15, 0.2) is 5.78 Å². The molecule has 1 aromatic heterocycles. The molecule has 2 nitrogen and oxygen atoms in total. The number of hydrogen-bond donors (Lipinski definition) is 0. The van der Waals surface area contributed by atoms with Crippen LogP contribution >= 0.6 is 0 Å². The number of benzene rings is 2. The smallest absolute Gasteiger partial charge is 0.289 e. The van der Waals surface area contributed by atoms with E-state index in [0.29, 0.717) is 16.8 Å². The van der Waals surface area contributed by atoms with Gasteiger partial charge < -0.3 is 0 Å². The Morgan fingerprint density at radius 3 is 2.12 bits per heavy atom. The standard InChI is InChI=1S/C19H12F3NO/c20-19(21,22)14-10-8-13(9-11-14)18(24)16-6-2-1-5-15(16)17-7-3-4-12-23-17/h1-12H. The highest BCUT2D eigenvalue weighted by Gasteiger charge is 2.30. The maximum Gasteiger partial charge on any atom is 0.416 e. The van der Waals surface area contributed by atoms with E-state index in [2.05, 4.69) is 4.98 Å². The lowest BCUT2D eigenvalue weighted by atomic mass is 9.96. The van der Waals surface area contributed by atoms with Crippen LogP contribution < -0.4 is 0 Å². The Kier molecular flexibility index (Phi) is 4.16. The Labute approximate surface area is 136 Å². The third-order valence-electron chi connectivity index (χ3n) is 3.59. The molecule has 0 saturated carbocycles. The van der Waals surface area contributed by atoms with Gasteiger partial charge in [-0.3, -0.25) is 9.78 Å². The number of hydrogen-bond acceptors (Lipinski definition) is 2. The molecule has 2 aromatic carbocycles. The van der Waals surface area contributed by atoms with E-state index < -0.39 is 11.7 Å². The molecule has 5 heteroatoms. The predicted octanol–water partition coefficient (Wildman–Crippen LogP) is 5.00. The predicted molar refractivity (Wildman–Crippen MR) is 84.5 cm³/mol. The summed E-state index contributed by atoms with van der Waals surface area (Å²) in [6.45, 7) is 0. The summed E-state index contributed by atoms with van der Waals surface area (Å²) in [6, 6.07) is 16.5. The Hall–Kier alpha value is -2.95. The van der Waals surface area contributed by atoms with Crippen LogP contribution in [0.2, 0.25) is 0 Å².